The van der Waals surface area contributed by atoms with Crippen molar-refractivity contribution in [2.45, 2.75) is 25.8 Å². The van der Waals surface area contributed by atoms with Crippen molar-refractivity contribution in [2.75, 3.05) is 5.32 Å². The van der Waals surface area contributed by atoms with Gasteiger partial charge in [0, 0.05) is 30.3 Å². The maximum atomic E-state index is 10.6. The first-order chi connectivity index (χ1) is 7.99. The zero-order valence-corrected chi connectivity index (χ0v) is 9.42. The number of carboxylic acid groups (broad SMARTS) is 1. The minimum Gasteiger partial charge on any atom is -0.481 e. The van der Waals surface area contributed by atoms with Crippen LogP contribution in [0.5, 0.6) is 0 Å². The fourth-order valence-electron chi connectivity index (χ4n) is 1.41. The molecule has 1 rings (SSSR count). The first-order valence-electron chi connectivity index (χ1n) is 5.22. The van der Waals surface area contributed by atoms with Gasteiger partial charge in [-0.15, -0.1) is 0 Å². The number of hydrogen-bond acceptors (Lipinski definition) is 4. The van der Waals surface area contributed by atoms with Gasteiger partial charge in [0.1, 0.15) is 0 Å². The number of carbonyl (C=O) groups is 1. The van der Waals surface area contributed by atoms with E-state index in [1.54, 1.807) is 12.1 Å². The number of nitrogens with zero attached hydrogens (tertiary/aromatic N) is 1. The van der Waals surface area contributed by atoms with Crippen LogP contribution >= 0.6 is 0 Å². The maximum Gasteiger partial charge on any atom is 0.303 e. The number of benzene rings is 1. The van der Waals surface area contributed by atoms with Gasteiger partial charge in [0.15, 0.2) is 0 Å². The Morgan fingerprint density at radius 1 is 1.59 bits per heavy atom. The van der Waals surface area contributed by atoms with Crippen LogP contribution in [0.25, 0.3) is 0 Å². The zero-order valence-electron chi connectivity index (χ0n) is 9.42. The number of anilines is 1. The van der Waals surface area contributed by atoms with Crippen molar-refractivity contribution in [3.63, 3.8) is 0 Å². The van der Waals surface area contributed by atoms with E-state index in [9.17, 15) is 14.9 Å². The third kappa shape index (κ3) is 4.50. The molecule has 0 spiro atoms. The summed E-state index contributed by atoms with van der Waals surface area (Å²) in [6, 6.07) is 6.09. The summed E-state index contributed by atoms with van der Waals surface area (Å²) in [4.78, 5) is 20.5. The Morgan fingerprint density at radius 2 is 2.29 bits per heavy atom. The highest BCUT2D eigenvalue weighted by Crippen LogP contribution is 2.18. The predicted octanol–water partition coefficient (Wildman–Crippen LogP) is 2.26. The number of nitro groups is 1. The second kappa shape index (κ2) is 5.83. The SMILES string of the molecule is CC(CCC(=O)O)Nc1cccc([N+](=O)[O-])c1. The molecule has 1 aromatic carbocycles. The minimum atomic E-state index is -0.849. The standard InChI is InChI=1S/C11H14N2O4/c1-8(5-6-11(14)15)12-9-3-2-4-10(7-9)13(16)17/h2-4,7-8,12H,5-6H2,1H3,(H,14,15). The van der Waals surface area contributed by atoms with Crippen molar-refractivity contribution in [1.82, 2.24) is 0 Å². The Labute approximate surface area is 98.4 Å². The molecule has 1 atom stereocenters. The Kier molecular flexibility index (Phi) is 4.45. The summed E-state index contributed by atoms with van der Waals surface area (Å²) in [7, 11) is 0. The molecule has 0 aliphatic heterocycles. The maximum absolute atomic E-state index is 10.6. The van der Waals surface area contributed by atoms with Crippen molar-refractivity contribution in [3.8, 4) is 0 Å². The molecule has 0 aliphatic rings. The van der Waals surface area contributed by atoms with Gasteiger partial charge in [0.05, 0.1) is 4.92 Å². The molecule has 0 amide bonds. The van der Waals surface area contributed by atoms with E-state index in [0.29, 0.717) is 12.1 Å². The largest absolute Gasteiger partial charge is 0.481 e. The molecule has 0 saturated heterocycles. The van der Waals surface area contributed by atoms with E-state index in [2.05, 4.69) is 5.32 Å². The van der Waals surface area contributed by atoms with Crippen LogP contribution in [0.3, 0.4) is 0 Å². The topological polar surface area (TPSA) is 92.5 Å². The Hall–Kier alpha value is -2.11. The highest BCUT2D eigenvalue weighted by atomic mass is 16.6. The fraction of sp³-hybridized carbons (Fsp3) is 0.364. The average Bonchev–Trinajstić information content (AvgIpc) is 2.26. The molecule has 0 fully saturated rings. The summed E-state index contributed by atoms with van der Waals surface area (Å²) in [6.45, 7) is 1.84. The smallest absolute Gasteiger partial charge is 0.303 e. The van der Waals surface area contributed by atoms with Gasteiger partial charge >= 0.3 is 5.97 Å². The van der Waals surface area contributed by atoms with Crippen LogP contribution in [0.2, 0.25) is 0 Å². The van der Waals surface area contributed by atoms with Gasteiger partial charge < -0.3 is 10.4 Å². The lowest BCUT2D eigenvalue weighted by atomic mass is 10.1. The van der Waals surface area contributed by atoms with Gasteiger partial charge in [-0.2, -0.15) is 0 Å². The lowest BCUT2D eigenvalue weighted by molar-refractivity contribution is -0.384. The van der Waals surface area contributed by atoms with Gasteiger partial charge in [-0.05, 0) is 19.4 Å². The second-order valence-electron chi connectivity index (χ2n) is 3.79. The van der Waals surface area contributed by atoms with E-state index >= 15 is 0 Å². The highest BCUT2D eigenvalue weighted by Gasteiger charge is 2.08. The number of hydrogen-bond donors (Lipinski definition) is 2. The lowest BCUT2D eigenvalue weighted by Crippen LogP contribution is -2.16. The summed E-state index contributed by atoms with van der Waals surface area (Å²) < 4.78 is 0. The van der Waals surface area contributed by atoms with Crippen molar-refractivity contribution in [2.24, 2.45) is 0 Å². The van der Waals surface area contributed by atoms with Crippen molar-refractivity contribution < 1.29 is 14.8 Å². The highest BCUT2D eigenvalue weighted by molar-refractivity contribution is 5.66. The summed E-state index contributed by atoms with van der Waals surface area (Å²) >= 11 is 0. The quantitative estimate of drug-likeness (QED) is 0.585. The number of carboxylic acids is 1. The lowest BCUT2D eigenvalue weighted by Gasteiger charge is -2.13. The zero-order chi connectivity index (χ0) is 12.8. The molecule has 0 saturated carbocycles. The van der Waals surface area contributed by atoms with Gasteiger partial charge in [-0.1, -0.05) is 6.07 Å². The van der Waals surface area contributed by atoms with Crippen LogP contribution in [0.4, 0.5) is 11.4 Å². The van der Waals surface area contributed by atoms with Crippen molar-refractivity contribution >= 4 is 17.3 Å². The fourth-order valence-corrected chi connectivity index (χ4v) is 1.41. The summed E-state index contributed by atoms with van der Waals surface area (Å²) in [5, 5.41) is 22.1. The van der Waals surface area contributed by atoms with Gasteiger partial charge in [-0.25, -0.2) is 0 Å². The van der Waals surface area contributed by atoms with Crippen LogP contribution < -0.4 is 5.32 Å². The summed E-state index contributed by atoms with van der Waals surface area (Å²) in [5.41, 5.74) is 0.637. The second-order valence-corrected chi connectivity index (χ2v) is 3.79. The van der Waals surface area contributed by atoms with E-state index in [-0.39, 0.29) is 18.2 Å². The molecule has 0 aromatic heterocycles. The normalized spacial score (nSPS) is 11.8. The van der Waals surface area contributed by atoms with Gasteiger partial charge in [0.2, 0.25) is 0 Å². The van der Waals surface area contributed by atoms with E-state index < -0.39 is 10.9 Å². The van der Waals surface area contributed by atoms with E-state index in [0.717, 1.165) is 0 Å². The van der Waals surface area contributed by atoms with Gasteiger partial charge in [0.25, 0.3) is 5.69 Å². The Morgan fingerprint density at radius 3 is 2.88 bits per heavy atom. The van der Waals surface area contributed by atoms with E-state index in [4.69, 9.17) is 5.11 Å². The average molecular weight is 238 g/mol. The number of nitro benzene ring substituents is 1. The Bertz CT molecular complexity index is 420. The number of aliphatic carboxylic acids is 1. The molecule has 0 heterocycles. The van der Waals surface area contributed by atoms with Crippen LogP contribution in [-0.4, -0.2) is 22.0 Å². The van der Waals surface area contributed by atoms with Crippen LogP contribution in [0, 0.1) is 10.1 Å². The summed E-state index contributed by atoms with van der Waals surface area (Å²) in [6.07, 6.45) is 0.543. The molecule has 92 valence electrons. The molecule has 17 heavy (non-hydrogen) atoms. The molecule has 2 N–H and O–H groups in total. The molecule has 6 heteroatoms. The summed E-state index contributed by atoms with van der Waals surface area (Å²) in [5.74, 6) is -0.849. The molecule has 0 radical (unpaired) electrons. The molecule has 6 nitrogen and oxygen atoms in total. The predicted molar refractivity (Wildman–Crippen MR) is 63.1 cm³/mol. The number of nitrogens with one attached hydrogen (secondary N) is 1. The minimum absolute atomic E-state index is 0.0143. The van der Waals surface area contributed by atoms with Crippen LogP contribution in [0.15, 0.2) is 24.3 Å². The molecular weight excluding hydrogens is 224 g/mol. The first-order valence-corrected chi connectivity index (χ1v) is 5.22. The van der Waals surface area contributed by atoms with Gasteiger partial charge in [-0.3, -0.25) is 14.9 Å². The van der Waals surface area contributed by atoms with Crippen molar-refractivity contribution in [3.05, 3.63) is 34.4 Å². The Balaban J connectivity index is 2.58. The van der Waals surface area contributed by atoms with E-state index in [1.165, 1.54) is 12.1 Å². The number of rotatable bonds is 6. The van der Waals surface area contributed by atoms with Crippen LogP contribution in [0.1, 0.15) is 19.8 Å². The monoisotopic (exact) mass is 238 g/mol. The molecule has 0 bridgehead atoms. The molecule has 1 unspecified atom stereocenters. The third-order valence-corrected chi connectivity index (χ3v) is 2.26. The molecule has 0 aliphatic carbocycles. The van der Waals surface area contributed by atoms with Crippen molar-refractivity contribution in [1.29, 1.82) is 0 Å². The number of non-ortho nitro benzene ring substituents is 1. The molecular formula is C11H14N2O4. The van der Waals surface area contributed by atoms with E-state index in [1.807, 2.05) is 6.92 Å². The first kappa shape index (κ1) is 13.0. The third-order valence-electron chi connectivity index (χ3n) is 2.26. The van der Waals surface area contributed by atoms with Crippen LogP contribution in [-0.2, 0) is 4.79 Å². The molecule has 1 aromatic rings.